The monoisotopic (exact) mass is 388 g/mol. The number of sulfonamides is 1. The Bertz CT molecular complexity index is 973. The Balaban J connectivity index is 2.02. The van der Waals surface area contributed by atoms with E-state index < -0.39 is 10.0 Å². The molecule has 0 unspecified atom stereocenters. The van der Waals surface area contributed by atoms with Crippen molar-refractivity contribution in [1.82, 2.24) is 4.72 Å². The summed E-state index contributed by atoms with van der Waals surface area (Å²) in [6.07, 6.45) is 0. The fraction of sp³-hybridized carbons (Fsp3) is 0.211. The minimum atomic E-state index is -3.73. The predicted molar refractivity (Wildman–Crippen MR) is 102 cm³/mol. The molecule has 0 aromatic heterocycles. The first-order valence-electron chi connectivity index (χ1n) is 7.94. The minimum Gasteiger partial charge on any atom is -0.493 e. The Morgan fingerprint density at radius 2 is 1.70 bits per heavy atom. The molecular formula is C19H20N2O5S. The van der Waals surface area contributed by atoms with Crippen molar-refractivity contribution in [3.63, 3.8) is 0 Å². The number of benzene rings is 2. The van der Waals surface area contributed by atoms with E-state index in [1.54, 1.807) is 24.3 Å². The van der Waals surface area contributed by atoms with Crippen molar-refractivity contribution >= 4 is 21.6 Å². The zero-order valence-corrected chi connectivity index (χ0v) is 16.0. The van der Waals surface area contributed by atoms with Crippen LogP contribution >= 0.6 is 0 Å². The molecule has 8 heteroatoms. The molecule has 142 valence electrons. The average Bonchev–Trinajstić information content (AvgIpc) is 2.65. The summed E-state index contributed by atoms with van der Waals surface area (Å²) in [4.78, 5) is 11.0. The van der Waals surface area contributed by atoms with Gasteiger partial charge in [-0.05, 0) is 36.4 Å². The number of methoxy groups -OCH3 is 2. The molecule has 1 amide bonds. The molecule has 0 heterocycles. The zero-order valence-electron chi connectivity index (χ0n) is 15.2. The second-order valence-electron chi connectivity index (χ2n) is 5.40. The summed E-state index contributed by atoms with van der Waals surface area (Å²) in [5, 5.41) is 2.66. The Hall–Kier alpha value is -3.02. The first-order chi connectivity index (χ1) is 12.9. The van der Waals surface area contributed by atoms with Crippen LogP contribution in [0.4, 0.5) is 5.69 Å². The lowest BCUT2D eigenvalue weighted by Gasteiger charge is -2.10. The Kier molecular flexibility index (Phi) is 6.82. The van der Waals surface area contributed by atoms with Crippen molar-refractivity contribution in [2.75, 3.05) is 26.1 Å². The van der Waals surface area contributed by atoms with Gasteiger partial charge in [-0.1, -0.05) is 11.8 Å². The van der Waals surface area contributed by atoms with Crippen LogP contribution in [0.25, 0.3) is 0 Å². The largest absolute Gasteiger partial charge is 0.493 e. The third-order valence-corrected chi connectivity index (χ3v) is 4.85. The third kappa shape index (κ3) is 5.74. The minimum absolute atomic E-state index is 0.0515. The molecule has 2 aromatic carbocycles. The number of carbonyl (C=O) groups is 1. The van der Waals surface area contributed by atoms with Gasteiger partial charge in [0.1, 0.15) is 0 Å². The molecule has 0 aliphatic rings. The lowest BCUT2D eigenvalue weighted by atomic mass is 10.2. The summed E-state index contributed by atoms with van der Waals surface area (Å²) in [5.74, 6) is 6.23. The summed E-state index contributed by atoms with van der Waals surface area (Å²) in [6, 6.07) is 11.3. The number of rotatable bonds is 6. The average molecular weight is 388 g/mol. The van der Waals surface area contributed by atoms with Crippen LogP contribution in [0.3, 0.4) is 0 Å². The summed E-state index contributed by atoms with van der Waals surface area (Å²) in [5.41, 5.74) is 1.37. The van der Waals surface area contributed by atoms with Crippen LogP contribution in [0.5, 0.6) is 11.5 Å². The topological polar surface area (TPSA) is 93.7 Å². The Morgan fingerprint density at radius 1 is 1.04 bits per heavy atom. The van der Waals surface area contributed by atoms with Crippen molar-refractivity contribution in [2.24, 2.45) is 0 Å². The van der Waals surface area contributed by atoms with Gasteiger partial charge in [0.05, 0.1) is 25.7 Å². The Labute approximate surface area is 158 Å². The number of hydrogen-bond donors (Lipinski definition) is 2. The van der Waals surface area contributed by atoms with E-state index in [4.69, 9.17) is 9.47 Å². The van der Waals surface area contributed by atoms with Crippen LogP contribution in [0.2, 0.25) is 0 Å². The highest BCUT2D eigenvalue weighted by atomic mass is 32.2. The maximum atomic E-state index is 12.3. The van der Waals surface area contributed by atoms with E-state index in [2.05, 4.69) is 21.9 Å². The summed E-state index contributed by atoms with van der Waals surface area (Å²) in [6.45, 7) is 1.38. The van der Waals surface area contributed by atoms with Crippen LogP contribution in [0.15, 0.2) is 47.4 Å². The highest BCUT2D eigenvalue weighted by Gasteiger charge is 2.16. The highest BCUT2D eigenvalue weighted by molar-refractivity contribution is 7.89. The van der Waals surface area contributed by atoms with Gasteiger partial charge in [0, 0.05) is 24.2 Å². The quantitative estimate of drug-likeness (QED) is 0.738. The molecule has 0 saturated heterocycles. The molecule has 0 atom stereocenters. The second-order valence-corrected chi connectivity index (χ2v) is 7.17. The van der Waals surface area contributed by atoms with Crippen molar-refractivity contribution < 1.29 is 22.7 Å². The molecule has 0 fully saturated rings. The van der Waals surface area contributed by atoms with Crippen molar-refractivity contribution in [3.05, 3.63) is 48.0 Å². The number of nitrogens with one attached hydrogen (secondary N) is 2. The molecule has 2 aromatic rings. The summed E-state index contributed by atoms with van der Waals surface area (Å²) < 4.78 is 37.3. The smallest absolute Gasteiger partial charge is 0.241 e. The SMILES string of the molecule is COc1ccc(S(=O)(=O)NCC#Cc2ccc(NC(C)=O)cc2)cc1OC. The normalized spacial score (nSPS) is 10.5. The molecule has 2 N–H and O–H groups in total. The summed E-state index contributed by atoms with van der Waals surface area (Å²) >= 11 is 0. The van der Waals surface area contributed by atoms with Crippen molar-refractivity contribution in [1.29, 1.82) is 0 Å². The Morgan fingerprint density at radius 3 is 2.30 bits per heavy atom. The van der Waals surface area contributed by atoms with E-state index in [0.717, 1.165) is 0 Å². The van der Waals surface area contributed by atoms with Gasteiger partial charge in [-0.2, -0.15) is 4.72 Å². The number of amides is 1. The van der Waals surface area contributed by atoms with Gasteiger partial charge in [0.15, 0.2) is 11.5 Å². The van der Waals surface area contributed by atoms with E-state index >= 15 is 0 Å². The zero-order chi connectivity index (χ0) is 19.9. The van der Waals surface area contributed by atoms with E-state index in [0.29, 0.717) is 22.7 Å². The van der Waals surface area contributed by atoms with Gasteiger partial charge < -0.3 is 14.8 Å². The van der Waals surface area contributed by atoms with E-state index in [1.807, 2.05) is 0 Å². The molecule has 0 spiro atoms. The maximum Gasteiger partial charge on any atom is 0.241 e. The van der Waals surface area contributed by atoms with E-state index in [1.165, 1.54) is 39.3 Å². The molecule has 2 rings (SSSR count). The van der Waals surface area contributed by atoms with Gasteiger partial charge in [0.2, 0.25) is 15.9 Å². The van der Waals surface area contributed by atoms with Crippen LogP contribution in [0, 0.1) is 11.8 Å². The van der Waals surface area contributed by atoms with Gasteiger partial charge >= 0.3 is 0 Å². The lowest BCUT2D eigenvalue weighted by molar-refractivity contribution is -0.114. The maximum absolute atomic E-state index is 12.3. The molecule has 0 aliphatic heterocycles. The van der Waals surface area contributed by atoms with Crippen LogP contribution in [-0.2, 0) is 14.8 Å². The van der Waals surface area contributed by atoms with E-state index in [-0.39, 0.29) is 17.3 Å². The van der Waals surface area contributed by atoms with Crippen LogP contribution in [-0.4, -0.2) is 35.1 Å². The van der Waals surface area contributed by atoms with Crippen molar-refractivity contribution in [2.45, 2.75) is 11.8 Å². The molecule has 0 bridgehead atoms. The second kappa shape index (κ2) is 9.07. The fourth-order valence-corrected chi connectivity index (χ4v) is 3.12. The van der Waals surface area contributed by atoms with E-state index in [9.17, 15) is 13.2 Å². The number of carbonyl (C=O) groups excluding carboxylic acids is 1. The van der Waals surface area contributed by atoms with Gasteiger partial charge in [-0.15, -0.1) is 0 Å². The van der Waals surface area contributed by atoms with Gasteiger partial charge in [-0.3, -0.25) is 4.79 Å². The van der Waals surface area contributed by atoms with Gasteiger partial charge in [0.25, 0.3) is 0 Å². The van der Waals surface area contributed by atoms with Crippen LogP contribution in [0.1, 0.15) is 12.5 Å². The molecule has 27 heavy (non-hydrogen) atoms. The first kappa shape index (κ1) is 20.3. The number of hydrogen-bond acceptors (Lipinski definition) is 5. The first-order valence-corrected chi connectivity index (χ1v) is 9.42. The third-order valence-electron chi connectivity index (χ3n) is 3.45. The molecule has 0 saturated carbocycles. The highest BCUT2D eigenvalue weighted by Crippen LogP contribution is 2.29. The summed E-state index contributed by atoms with van der Waals surface area (Å²) in [7, 11) is -0.818. The number of ether oxygens (including phenoxy) is 2. The molecule has 0 aliphatic carbocycles. The van der Waals surface area contributed by atoms with Crippen LogP contribution < -0.4 is 19.5 Å². The fourth-order valence-electron chi connectivity index (χ4n) is 2.18. The number of anilines is 1. The standard InChI is InChI=1S/C19H20N2O5S/c1-14(22)21-16-8-6-15(7-9-16)5-4-12-20-27(23,24)17-10-11-18(25-2)19(13-17)26-3/h6-11,13,20H,12H2,1-3H3,(H,21,22). The molecule has 0 radical (unpaired) electrons. The predicted octanol–water partition coefficient (Wildman–Crippen LogP) is 1.99. The lowest BCUT2D eigenvalue weighted by Crippen LogP contribution is -2.24. The van der Waals surface area contributed by atoms with Gasteiger partial charge in [-0.25, -0.2) is 8.42 Å². The molecular weight excluding hydrogens is 368 g/mol. The van der Waals surface area contributed by atoms with Crippen molar-refractivity contribution in [3.8, 4) is 23.3 Å². The molecule has 7 nitrogen and oxygen atoms in total.